The summed E-state index contributed by atoms with van der Waals surface area (Å²) in [5.41, 5.74) is 1.50. The minimum absolute atomic E-state index is 0.00581. The van der Waals surface area contributed by atoms with Crippen molar-refractivity contribution in [2.24, 2.45) is 5.10 Å². The van der Waals surface area contributed by atoms with Gasteiger partial charge in [0.05, 0.1) is 24.9 Å². The first-order valence-electron chi connectivity index (χ1n) is 9.84. The first-order chi connectivity index (χ1) is 15.1. The molecule has 0 aliphatic carbocycles. The smallest absolute Gasteiger partial charge is 0.249 e. The van der Waals surface area contributed by atoms with Gasteiger partial charge in [-0.3, -0.25) is 10.2 Å². The van der Waals surface area contributed by atoms with Gasteiger partial charge in [-0.15, -0.1) is 11.3 Å². The highest BCUT2D eigenvalue weighted by atomic mass is 35.5. The van der Waals surface area contributed by atoms with Gasteiger partial charge in [0.25, 0.3) is 0 Å². The van der Waals surface area contributed by atoms with Crippen LogP contribution >= 0.6 is 22.9 Å². The van der Waals surface area contributed by atoms with Gasteiger partial charge in [-0.05, 0) is 23.6 Å². The van der Waals surface area contributed by atoms with E-state index in [4.69, 9.17) is 21.7 Å². The van der Waals surface area contributed by atoms with E-state index in [1.54, 1.807) is 28.4 Å². The van der Waals surface area contributed by atoms with Crippen LogP contribution in [0.25, 0.3) is 0 Å². The summed E-state index contributed by atoms with van der Waals surface area (Å²) < 4.78 is 5.27. The Morgan fingerprint density at radius 3 is 2.87 bits per heavy atom. The summed E-state index contributed by atoms with van der Waals surface area (Å²) in [6, 6.07) is 10.9. The van der Waals surface area contributed by atoms with Gasteiger partial charge in [-0.2, -0.15) is 10.4 Å². The van der Waals surface area contributed by atoms with Crippen molar-refractivity contribution in [3.05, 3.63) is 57.2 Å². The van der Waals surface area contributed by atoms with Gasteiger partial charge in [-0.25, -0.2) is 9.91 Å². The number of morpholine rings is 1. The average molecular weight is 457 g/mol. The fourth-order valence-corrected chi connectivity index (χ4v) is 4.44. The van der Waals surface area contributed by atoms with Crippen molar-refractivity contribution in [2.45, 2.75) is 12.5 Å². The maximum Gasteiger partial charge on any atom is 0.249 e. The quantitative estimate of drug-likeness (QED) is 0.323. The van der Waals surface area contributed by atoms with Crippen LogP contribution in [0.1, 0.15) is 10.4 Å². The number of nitrogens with zero attached hydrogens (tertiary/aromatic N) is 5. The molecule has 1 atom stereocenters. The van der Waals surface area contributed by atoms with Crippen LogP contribution < -0.4 is 0 Å². The highest BCUT2D eigenvalue weighted by molar-refractivity contribution is 7.09. The van der Waals surface area contributed by atoms with Crippen molar-refractivity contribution in [1.82, 2.24) is 14.8 Å². The summed E-state index contributed by atoms with van der Waals surface area (Å²) in [5, 5.41) is 27.0. The van der Waals surface area contributed by atoms with Gasteiger partial charge in [0.15, 0.2) is 6.19 Å². The lowest BCUT2D eigenvalue weighted by atomic mass is 10.0. The molecule has 160 valence electrons. The molecule has 3 heterocycles. The molecule has 2 aromatic rings. The maximum atomic E-state index is 12.5. The van der Waals surface area contributed by atoms with Crippen molar-refractivity contribution in [2.75, 3.05) is 32.8 Å². The zero-order chi connectivity index (χ0) is 21.8. The van der Waals surface area contributed by atoms with Gasteiger partial charge in [0, 0.05) is 35.0 Å². The van der Waals surface area contributed by atoms with E-state index in [-0.39, 0.29) is 24.5 Å². The van der Waals surface area contributed by atoms with Gasteiger partial charge in [-0.1, -0.05) is 29.8 Å². The second-order valence-electron chi connectivity index (χ2n) is 7.13. The Kier molecular flexibility index (Phi) is 6.51. The van der Waals surface area contributed by atoms with Crippen molar-refractivity contribution >= 4 is 40.5 Å². The number of rotatable bonds is 5. The molecule has 1 fully saturated rings. The number of benzene rings is 1. The van der Waals surface area contributed by atoms with Crippen LogP contribution in [0.5, 0.6) is 0 Å². The molecule has 2 aliphatic heterocycles. The Hall–Kier alpha value is -2.93. The Morgan fingerprint density at radius 2 is 2.19 bits per heavy atom. The zero-order valence-corrected chi connectivity index (χ0v) is 18.3. The van der Waals surface area contributed by atoms with Gasteiger partial charge >= 0.3 is 0 Å². The molecule has 31 heavy (non-hydrogen) atoms. The molecule has 0 spiro atoms. The van der Waals surface area contributed by atoms with Crippen molar-refractivity contribution in [3.8, 4) is 6.19 Å². The standard InChI is InChI=1S/C21H21ClN6O2S/c22-16-5-3-15(4-6-16)20-18(27-9-10-30-13-19(27)29)12-28(25-20)21(24)26(14-23)8-7-17-2-1-11-31-17/h1-6,11,18,24H,7-10,12-13H2. The lowest BCUT2D eigenvalue weighted by Gasteiger charge is -2.33. The SMILES string of the molecule is N#CN(CCc1cccs1)C(=N)N1CC(N2CCOCC2=O)C(c2ccc(Cl)cc2)=N1. The molecule has 1 aromatic carbocycles. The molecule has 0 radical (unpaired) electrons. The summed E-state index contributed by atoms with van der Waals surface area (Å²) in [6.45, 7) is 1.64. The van der Waals surface area contributed by atoms with Gasteiger partial charge in [0.1, 0.15) is 6.61 Å². The summed E-state index contributed by atoms with van der Waals surface area (Å²) in [7, 11) is 0. The van der Waals surface area contributed by atoms with E-state index in [1.165, 1.54) is 9.91 Å². The van der Waals surface area contributed by atoms with E-state index in [1.807, 2.05) is 29.6 Å². The predicted molar refractivity (Wildman–Crippen MR) is 119 cm³/mol. The average Bonchev–Trinajstić information content (AvgIpc) is 3.45. The van der Waals surface area contributed by atoms with E-state index in [0.29, 0.717) is 43.4 Å². The number of guanidine groups is 1. The molecule has 1 saturated heterocycles. The largest absolute Gasteiger partial charge is 0.370 e. The van der Waals surface area contributed by atoms with Crippen LogP contribution in [0.2, 0.25) is 5.02 Å². The summed E-state index contributed by atoms with van der Waals surface area (Å²) in [4.78, 5) is 16.7. The Bertz CT molecular complexity index is 1020. The fraction of sp³-hybridized carbons (Fsp3) is 0.333. The number of halogens is 1. The molecular weight excluding hydrogens is 436 g/mol. The van der Waals surface area contributed by atoms with E-state index in [2.05, 4.69) is 11.3 Å². The molecular formula is C21H21ClN6O2S. The first kappa shape index (κ1) is 21.3. The van der Waals surface area contributed by atoms with E-state index in [0.717, 1.165) is 10.4 Å². The highest BCUT2D eigenvalue weighted by Crippen LogP contribution is 2.23. The van der Waals surface area contributed by atoms with Crippen molar-refractivity contribution in [1.29, 1.82) is 10.7 Å². The van der Waals surface area contributed by atoms with Crippen LogP contribution in [-0.4, -0.2) is 71.3 Å². The molecule has 1 N–H and O–H groups in total. The summed E-state index contributed by atoms with van der Waals surface area (Å²) >= 11 is 7.66. The molecule has 0 saturated carbocycles. The fourth-order valence-electron chi connectivity index (χ4n) is 3.62. The molecule has 10 heteroatoms. The van der Waals surface area contributed by atoms with Crippen LogP contribution in [0.3, 0.4) is 0 Å². The number of ether oxygens (including phenoxy) is 1. The van der Waals surface area contributed by atoms with Crippen molar-refractivity contribution in [3.63, 3.8) is 0 Å². The third-order valence-electron chi connectivity index (χ3n) is 5.21. The second-order valence-corrected chi connectivity index (χ2v) is 8.60. The van der Waals surface area contributed by atoms with E-state index in [9.17, 15) is 10.1 Å². The number of amides is 1. The second kappa shape index (κ2) is 9.47. The maximum absolute atomic E-state index is 12.5. The third kappa shape index (κ3) is 4.71. The van der Waals surface area contributed by atoms with E-state index < -0.39 is 0 Å². The number of hydrogen-bond acceptors (Lipinski definition) is 6. The normalized spacial score (nSPS) is 18.6. The molecule has 4 rings (SSSR count). The number of hydrogen-bond donors (Lipinski definition) is 1. The third-order valence-corrected chi connectivity index (χ3v) is 6.40. The molecule has 8 nitrogen and oxygen atoms in total. The molecule has 1 aromatic heterocycles. The number of hydrazone groups is 1. The summed E-state index contributed by atoms with van der Waals surface area (Å²) in [6.07, 6.45) is 2.76. The lowest BCUT2D eigenvalue weighted by molar-refractivity contribution is -0.143. The molecule has 2 aliphatic rings. The summed E-state index contributed by atoms with van der Waals surface area (Å²) in [5.74, 6) is -0.116. The zero-order valence-electron chi connectivity index (χ0n) is 16.7. The number of thiophene rings is 1. The predicted octanol–water partition coefficient (Wildman–Crippen LogP) is 2.61. The van der Waals surface area contributed by atoms with Gasteiger partial charge in [0.2, 0.25) is 11.9 Å². The molecule has 0 bridgehead atoms. The topological polar surface area (TPSA) is 96.0 Å². The van der Waals surface area contributed by atoms with E-state index >= 15 is 0 Å². The van der Waals surface area contributed by atoms with Crippen LogP contribution in [0, 0.1) is 16.9 Å². The number of nitriles is 1. The number of nitrogens with one attached hydrogen (secondary N) is 1. The Labute approximate surface area is 189 Å². The number of carbonyl (C=O) groups excluding carboxylic acids is 1. The highest BCUT2D eigenvalue weighted by Gasteiger charge is 2.38. The van der Waals surface area contributed by atoms with Crippen LogP contribution in [0.4, 0.5) is 0 Å². The Morgan fingerprint density at radius 1 is 1.39 bits per heavy atom. The van der Waals surface area contributed by atoms with Crippen LogP contribution in [-0.2, 0) is 16.0 Å². The molecule has 1 amide bonds. The number of carbonyl (C=O) groups is 1. The van der Waals surface area contributed by atoms with Gasteiger partial charge < -0.3 is 9.64 Å². The molecule has 1 unspecified atom stereocenters. The Balaban J connectivity index is 1.56. The minimum atomic E-state index is -0.337. The minimum Gasteiger partial charge on any atom is -0.370 e. The lowest BCUT2D eigenvalue weighted by Crippen LogP contribution is -2.53. The monoisotopic (exact) mass is 456 g/mol. The first-order valence-corrected chi connectivity index (χ1v) is 11.1. The van der Waals surface area contributed by atoms with Crippen molar-refractivity contribution < 1.29 is 9.53 Å². The van der Waals surface area contributed by atoms with Crippen LogP contribution in [0.15, 0.2) is 46.9 Å².